The smallest absolute Gasteiger partial charge is 0.196 e. The molecule has 0 saturated carbocycles. The van der Waals surface area contributed by atoms with Gasteiger partial charge in [0.05, 0.1) is 6.61 Å². The highest BCUT2D eigenvalue weighted by atomic mass is 32.1. The largest absolute Gasteiger partial charge is 0.493 e. The number of aryl methyl sites for hydroxylation is 2. The molecule has 120 valence electrons. The van der Waals surface area contributed by atoms with Crippen molar-refractivity contribution in [1.29, 1.82) is 0 Å². The fourth-order valence-corrected chi connectivity index (χ4v) is 4.14. The van der Waals surface area contributed by atoms with E-state index in [0.29, 0.717) is 6.61 Å². The summed E-state index contributed by atoms with van der Waals surface area (Å²) in [4.78, 5) is 12.9. The van der Waals surface area contributed by atoms with Crippen LogP contribution >= 0.6 is 11.3 Å². The van der Waals surface area contributed by atoms with E-state index in [1.165, 1.54) is 0 Å². The van der Waals surface area contributed by atoms with Crippen molar-refractivity contribution in [2.45, 2.75) is 26.7 Å². The van der Waals surface area contributed by atoms with Crippen molar-refractivity contribution >= 4 is 31.5 Å². The van der Waals surface area contributed by atoms with Crippen molar-refractivity contribution in [1.82, 2.24) is 0 Å². The SMILES string of the molecule is Cc1cc2sc3ccccc3c(=O)c2c(C)c1OCCCCO. The van der Waals surface area contributed by atoms with Crippen LogP contribution in [0.1, 0.15) is 24.0 Å². The van der Waals surface area contributed by atoms with Crippen molar-refractivity contribution in [2.24, 2.45) is 0 Å². The predicted molar refractivity (Wildman–Crippen MR) is 96.9 cm³/mol. The lowest BCUT2D eigenvalue weighted by molar-refractivity contribution is 0.252. The summed E-state index contributed by atoms with van der Waals surface area (Å²) < 4.78 is 7.92. The molecule has 0 atom stereocenters. The van der Waals surface area contributed by atoms with Gasteiger partial charge in [-0.2, -0.15) is 0 Å². The van der Waals surface area contributed by atoms with Gasteiger partial charge in [-0.25, -0.2) is 0 Å². The van der Waals surface area contributed by atoms with Crippen LogP contribution in [0.5, 0.6) is 5.75 Å². The van der Waals surface area contributed by atoms with Gasteiger partial charge in [0.1, 0.15) is 5.75 Å². The summed E-state index contributed by atoms with van der Waals surface area (Å²) in [7, 11) is 0. The van der Waals surface area contributed by atoms with Crippen LogP contribution in [0, 0.1) is 13.8 Å². The first-order chi connectivity index (χ1) is 11.1. The minimum absolute atomic E-state index is 0.0760. The van der Waals surface area contributed by atoms with Crippen molar-refractivity contribution in [2.75, 3.05) is 13.2 Å². The normalized spacial score (nSPS) is 11.3. The molecule has 3 nitrogen and oxygen atoms in total. The molecule has 0 aliphatic heterocycles. The Balaban J connectivity index is 2.15. The van der Waals surface area contributed by atoms with Crippen LogP contribution in [-0.2, 0) is 0 Å². The lowest BCUT2D eigenvalue weighted by atomic mass is 10.0. The van der Waals surface area contributed by atoms with Crippen LogP contribution in [0.4, 0.5) is 0 Å². The second-order valence-corrected chi connectivity index (χ2v) is 6.81. The molecule has 0 aliphatic carbocycles. The van der Waals surface area contributed by atoms with Crippen LogP contribution < -0.4 is 10.2 Å². The lowest BCUT2D eigenvalue weighted by Gasteiger charge is -2.14. The maximum Gasteiger partial charge on any atom is 0.196 e. The first-order valence-electron chi connectivity index (χ1n) is 7.83. The van der Waals surface area contributed by atoms with Crippen molar-refractivity contribution < 1.29 is 9.84 Å². The first-order valence-corrected chi connectivity index (χ1v) is 8.64. The maximum atomic E-state index is 12.9. The van der Waals surface area contributed by atoms with E-state index in [2.05, 4.69) is 0 Å². The number of aliphatic hydroxyl groups is 1. The fourth-order valence-electron chi connectivity index (χ4n) is 2.90. The number of hydrogen-bond acceptors (Lipinski definition) is 4. The summed E-state index contributed by atoms with van der Waals surface area (Å²) in [5.74, 6) is 0.801. The molecule has 0 unspecified atom stereocenters. The Kier molecular flexibility index (Phi) is 4.64. The summed E-state index contributed by atoms with van der Waals surface area (Å²) in [6.45, 7) is 4.70. The fraction of sp³-hybridized carbons (Fsp3) is 0.316. The van der Waals surface area contributed by atoms with Gasteiger partial charge >= 0.3 is 0 Å². The molecule has 0 fully saturated rings. The summed E-state index contributed by atoms with van der Waals surface area (Å²) in [5, 5.41) is 10.4. The molecule has 1 aromatic heterocycles. The Labute approximate surface area is 139 Å². The van der Waals surface area contributed by atoms with Gasteiger partial charge in [0.15, 0.2) is 5.43 Å². The molecule has 1 N–H and O–H groups in total. The molecule has 3 rings (SSSR count). The molecule has 23 heavy (non-hydrogen) atoms. The van der Waals surface area contributed by atoms with E-state index in [0.717, 1.165) is 49.9 Å². The van der Waals surface area contributed by atoms with Crippen LogP contribution in [0.25, 0.3) is 20.2 Å². The molecular formula is C19H20O3S. The van der Waals surface area contributed by atoms with E-state index in [1.807, 2.05) is 44.2 Å². The molecule has 0 bridgehead atoms. The van der Waals surface area contributed by atoms with Crippen LogP contribution in [0.3, 0.4) is 0 Å². The minimum Gasteiger partial charge on any atom is -0.493 e. The van der Waals surface area contributed by atoms with E-state index in [4.69, 9.17) is 9.84 Å². The number of rotatable bonds is 5. The lowest BCUT2D eigenvalue weighted by Crippen LogP contribution is -2.07. The molecule has 3 aromatic rings. The van der Waals surface area contributed by atoms with Crippen molar-refractivity contribution in [3.05, 3.63) is 51.7 Å². The summed E-state index contributed by atoms with van der Waals surface area (Å²) in [6, 6.07) is 9.78. The molecule has 0 spiro atoms. The zero-order chi connectivity index (χ0) is 16.4. The van der Waals surface area contributed by atoms with E-state index in [-0.39, 0.29) is 12.0 Å². The van der Waals surface area contributed by atoms with Crippen LogP contribution in [0.2, 0.25) is 0 Å². The second-order valence-electron chi connectivity index (χ2n) is 5.73. The third kappa shape index (κ3) is 2.96. The molecule has 0 aliphatic rings. The molecule has 0 radical (unpaired) electrons. The van der Waals surface area contributed by atoms with E-state index in [9.17, 15) is 4.79 Å². The highest BCUT2D eigenvalue weighted by Gasteiger charge is 2.14. The van der Waals surface area contributed by atoms with Gasteiger partial charge in [0, 0.05) is 32.3 Å². The number of aliphatic hydroxyl groups excluding tert-OH is 1. The summed E-state index contributed by atoms with van der Waals surface area (Å²) in [5.41, 5.74) is 2.04. The first kappa shape index (κ1) is 16.0. The van der Waals surface area contributed by atoms with Gasteiger partial charge in [-0.1, -0.05) is 12.1 Å². The number of hydrogen-bond donors (Lipinski definition) is 1. The van der Waals surface area contributed by atoms with Gasteiger partial charge in [0.2, 0.25) is 0 Å². The third-order valence-electron chi connectivity index (χ3n) is 4.05. The molecular weight excluding hydrogens is 308 g/mol. The average Bonchev–Trinajstić information content (AvgIpc) is 2.54. The van der Waals surface area contributed by atoms with Gasteiger partial charge < -0.3 is 9.84 Å². The Hall–Kier alpha value is -1.91. The van der Waals surface area contributed by atoms with Crippen molar-refractivity contribution in [3.8, 4) is 5.75 Å². The quantitative estimate of drug-likeness (QED) is 0.564. The topological polar surface area (TPSA) is 46.5 Å². The van der Waals surface area contributed by atoms with Gasteiger partial charge in [-0.05, 0) is 50.5 Å². The summed E-state index contributed by atoms with van der Waals surface area (Å²) >= 11 is 1.65. The number of ether oxygens (including phenoxy) is 1. The maximum absolute atomic E-state index is 12.9. The Morgan fingerprint density at radius 3 is 2.70 bits per heavy atom. The second kappa shape index (κ2) is 6.69. The zero-order valence-corrected chi connectivity index (χ0v) is 14.2. The third-order valence-corrected chi connectivity index (χ3v) is 5.16. The average molecular weight is 328 g/mol. The number of benzene rings is 2. The monoisotopic (exact) mass is 328 g/mol. The molecule has 4 heteroatoms. The highest BCUT2D eigenvalue weighted by Crippen LogP contribution is 2.34. The zero-order valence-electron chi connectivity index (χ0n) is 13.4. The molecule has 0 saturated heterocycles. The minimum atomic E-state index is 0.0760. The number of fused-ring (bicyclic) bond motifs is 2. The van der Waals surface area contributed by atoms with Crippen LogP contribution in [-0.4, -0.2) is 18.3 Å². The standard InChI is InChI=1S/C19H20O3S/c1-12-11-16-17(13(2)19(12)22-10-6-5-9-20)18(21)14-7-3-4-8-15(14)23-16/h3-4,7-8,11,20H,5-6,9-10H2,1-2H3. The van der Waals surface area contributed by atoms with E-state index in [1.54, 1.807) is 11.3 Å². The molecule has 0 amide bonds. The predicted octanol–water partition coefficient (Wildman–Crippen LogP) is 4.18. The number of unbranched alkanes of at least 4 members (excludes halogenated alkanes) is 1. The van der Waals surface area contributed by atoms with Gasteiger partial charge in [0.25, 0.3) is 0 Å². The Morgan fingerprint density at radius 2 is 1.91 bits per heavy atom. The molecule has 2 aromatic carbocycles. The summed E-state index contributed by atoms with van der Waals surface area (Å²) in [6.07, 6.45) is 1.53. The van der Waals surface area contributed by atoms with Gasteiger partial charge in [-0.15, -0.1) is 11.3 Å². The van der Waals surface area contributed by atoms with E-state index >= 15 is 0 Å². The Morgan fingerprint density at radius 1 is 1.13 bits per heavy atom. The van der Waals surface area contributed by atoms with E-state index < -0.39 is 0 Å². The van der Waals surface area contributed by atoms with Crippen molar-refractivity contribution in [3.63, 3.8) is 0 Å². The molecule has 1 heterocycles. The Bertz CT molecular complexity index is 912. The highest BCUT2D eigenvalue weighted by molar-refractivity contribution is 7.24. The van der Waals surface area contributed by atoms with Gasteiger partial charge in [-0.3, -0.25) is 4.79 Å². The van der Waals surface area contributed by atoms with Crippen LogP contribution in [0.15, 0.2) is 35.1 Å².